The molecule has 0 saturated heterocycles. The lowest BCUT2D eigenvalue weighted by Gasteiger charge is -2.06. The molecule has 1 nitrogen and oxygen atoms in total. The van der Waals surface area contributed by atoms with Crippen molar-refractivity contribution in [3.8, 4) is 0 Å². The molecule has 0 spiro atoms. The second kappa shape index (κ2) is 5.61. The first-order valence-electron chi connectivity index (χ1n) is 5.38. The van der Waals surface area contributed by atoms with E-state index in [1.807, 2.05) is 12.1 Å². The van der Waals surface area contributed by atoms with Crippen LogP contribution in [-0.4, -0.2) is 0 Å². The molecule has 2 aromatic carbocycles. The smallest absolute Gasteiger partial charge is 0.0454 e. The van der Waals surface area contributed by atoms with Crippen LogP contribution in [0.5, 0.6) is 0 Å². The molecule has 0 aliphatic heterocycles. The molecule has 0 bridgehead atoms. The quantitative estimate of drug-likeness (QED) is 0.661. The number of aryl methyl sites for hydroxylation is 1. The summed E-state index contributed by atoms with van der Waals surface area (Å²) >= 11 is 5.25. The fourth-order valence-corrected chi connectivity index (χ4v) is 2.93. The van der Waals surface area contributed by atoms with E-state index in [4.69, 9.17) is 5.73 Å². The lowest BCUT2D eigenvalue weighted by atomic mass is 10.2. The highest BCUT2D eigenvalue weighted by Gasteiger charge is 2.01. The van der Waals surface area contributed by atoms with E-state index in [1.165, 1.54) is 11.1 Å². The molecule has 2 aromatic rings. The third kappa shape index (κ3) is 3.51. The highest BCUT2D eigenvalue weighted by atomic mass is 79.9. The monoisotopic (exact) mass is 307 g/mol. The van der Waals surface area contributed by atoms with E-state index in [0.717, 1.165) is 20.8 Å². The zero-order chi connectivity index (χ0) is 12.3. The number of thioether (sulfide) groups is 1. The number of halogens is 1. The second-order valence-electron chi connectivity index (χ2n) is 3.96. The van der Waals surface area contributed by atoms with Crippen LogP contribution in [0.25, 0.3) is 0 Å². The number of rotatable bonds is 3. The number of nitrogen functional groups attached to an aromatic ring is 1. The molecule has 0 radical (unpaired) electrons. The van der Waals surface area contributed by atoms with Gasteiger partial charge in [0.25, 0.3) is 0 Å². The molecule has 0 amide bonds. The standard InChI is InChI=1S/C14H14BrNS/c1-10-5-6-14(13(16)7-10)17-9-11-3-2-4-12(15)8-11/h2-8H,9,16H2,1H3. The van der Waals surface area contributed by atoms with Crippen LogP contribution in [0.3, 0.4) is 0 Å². The summed E-state index contributed by atoms with van der Waals surface area (Å²) in [7, 11) is 0. The largest absolute Gasteiger partial charge is 0.398 e. The first-order chi connectivity index (χ1) is 8.15. The van der Waals surface area contributed by atoms with E-state index in [2.05, 4.69) is 53.2 Å². The van der Waals surface area contributed by atoms with Crippen molar-refractivity contribution in [2.45, 2.75) is 17.6 Å². The minimum absolute atomic E-state index is 0.866. The Bertz CT molecular complexity index is 525. The molecule has 0 aliphatic carbocycles. The van der Waals surface area contributed by atoms with Crippen LogP contribution >= 0.6 is 27.7 Å². The van der Waals surface area contributed by atoms with E-state index >= 15 is 0 Å². The molecule has 2 rings (SSSR count). The van der Waals surface area contributed by atoms with Crippen molar-refractivity contribution < 1.29 is 0 Å². The number of hydrogen-bond acceptors (Lipinski definition) is 2. The molecule has 88 valence electrons. The normalized spacial score (nSPS) is 10.5. The van der Waals surface area contributed by atoms with Crippen LogP contribution in [0, 0.1) is 6.92 Å². The summed E-state index contributed by atoms with van der Waals surface area (Å²) in [4.78, 5) is 1.15. The zero-order valence-electron chi connectivity index (χ0n) is 9.61. The average molecular weight is 308 g/mol. The van der Waals surface area contributed by atoms with Gasteiger partial charge in [0, 0.05) is 20.8 Å². The molecule has 3 heteroatoms. The molecule has 0 saturated carbocycles. The van der Waals surface area contributed by atoms with Crippen LogP contribution in [0.4, 0.5) is 5.69 Å². The fraction of sp³-hybridized carbons (Fsp3) is 0.143. The molecular formula is C14H14BrNS. The van der Waals surface area contributed by atoms with Crippen LogP contribution in [-0.2, 0) is 5.75 Å². The maximum atomic E-state index is 5.99. The Morgan fingerprint density at radius 3 is 2.71 bits per heavy atom. The van der Waals surface area contributed by atoms with Crippen LogP contribution < -0.4 is 5.73 Å². The lowest BCUT2D eigenvalue weighted by molar-refractivity contribution is 1.35. The summed E-state index contributed by atoms with van der Waals surface area (Å²) in [6.45, 7) is 2.05. The molecule has 17 heavy (non-hydrogen) atoms. The topological polar surface area (TPSA) is 26.0 Å². The number of hydrogen-bond donors (Lipinski definition) is 1. The summed E-state index contributed by atoms with van der Waals surface area (Å²) in [6.07, 6.45) is 0. The Kier molecular flexibility index (Phi) is 4.13. The third-order valence-electron chi connectivity index (χ3n) is 2.45. The van der Waals surface area contributed by atoms with Gasteiger partial charge >= 0.3 is 0 Å². The van der Waals surface area contributed by atoms with Gasteiger partial charge in [-0.25, -0.2) is 0 Å². The Labute approximate surface area is 115 Å². The highest BCUT2D eigenvalue weighted by Crippen LogP contribution is 2.29. The van der Waals surface area contributed by atoms with E-state index in [0.29, 0.717) is 0 Å². The van der Waals surface area contributed by atoms with E-state index < -0.39 is 0 Å². The maximum Gasteiger partial charge on any atom is 0.0454 e. The molecule has 0 aliphatic rings. The Balaban J connectivity index is 2.07. The van der Waals surface area contributed by atoms with Gasteiger partial charge in [-0.05, 0) is 42.3 Å². The minimum atomic E-state index is 0.866. The summed E-state index contributed by atoms with van der Waals surface area (Å²) < 4.78 is 1.12. The maximum absolute atomic E-state index is 5.99. The number of anilines is 1. The molecule has 0 aromatic heterocycles. The summed E-state index contributed by atoms with van der Waals surface area (Å²) in [6, 6.07) is 14.6. The van der Waals surface area contributed by atoms with Gasteiger partial charge in [-0.3, -0.25) is 0 Å². The third-order valence-corrected chi connectivity index (χ3v) is 4.10. The van der Waals surface area contributed by atoms with Gasteiger partial charge < -0.3 is 5.73 Å². The van der Waals surface area contributed by atoms with Crippen molar-refractivity contribution in [1.82, 2.24) is 0 Å². The summed E-state index contributed by atoms with van der Waals surface area (Å²) in [5.41, 5.74) is 9.35. The van der Waals surface area contributed by atoms with Gasteiger partial charge in [-0.15, -0.1) is 11.8 Å². The number of nitrogens with two attached hydrogens (primary N) is 1. The van der Waals surface area contributed by atoms with Gasteiger partial charge in [0.1, 0.15) is 0 Å². The lowest BCUT2D eigenvalue weighted by Crippen LogP contribution is -1.90. The Hall–Kier alpha value is -0.930. The van der Waals surface area contributed by atoms with E-state index in [-0.39, 0.29) is 0 Å². The molecule has 0 heterocycles. The van der Waals surface area contributed by atoms with Gasteiger partial charge in [-0.2, -0.15) is 0 Å². The summed E-state index contributed by atoms with van der Waals surface area (Å²) in [5.74, 6) is 0.937. The van der Waals surface area contributed by atoms with Crippen molar-refractivity contribution in [1.29, 1.82) is 0 Å². The predicted molar refractivity (Wildman–Crippen MR) is 79.3 cm³/mol. The van der Waals surface area contributed by atoms with Crippen LogP contribution in [0.15, 0.2) is 51.8 Å². The van der Waals surface area contributed by atoms with Gasteiger partial charge in [0.15, 0.2) is 0 Å². The molecule has 0 unspecified atom stereocenters. The summed E-state index contributed by atoms with van der Waals surface area (Å²) in [5, 5.41) is 0. The second-order valence-corrected chi connectivity index (χ2v) is 5.89. The van der Waals surface area contributed by atoms with Crippen LogP contribution in [0.1, 0.15) is 11.1 Å². The van der Waals surface area contributed by atoms with Crippen LogP contribution in [0.2, 0.25) is 0 Å². The zero-order valence-corrected chi connectivity index (χ0v) is 12.0. The van der Waals surface area contributed by atoms with Crippen molar-refractivity contribution in [3.05, 3.63) is 58.1 Å². The van der Waals surface area contributed by atoms with Gasteiger partial charge in [-0.1, -0.05) is 34.1 Å². The van der Waals surface area contributed by atoms with Crippen molar-refractivity contribution in [2.24, 2.45) is 0 Å². The first kappa shape index (κ1) is 12.5. The molecule has 2 N–H and O–H groups in total. The van der Waals surface area contributed by atoms with Crippen molar-refractivity contribution >= 4 is 33.4 Å². The average Bonchev–Trinajstić information content (AvgIpc) is 2.28. The first-order valence-corrected chi connectivity index (χ1v) is 7.16. The SMILES string of the molecule is Cc1ccc(SCc2cccc(Br)c2)c(N)c1. The van der Waals surface area contributed by atoms with Gasteiger partial charge in [0.05, 0.1) is 0 Å². The predicted octanol–water partition coefficient (Wildman–Crippen LogP) is 4.63. The van der Waals surface area contributed by atoms with Crippen molar-refractivity contribution in [3.63, 3.8) is 0 Å². The number of benzene rings is 2. The fourth-order valence-electron chi connectivity index (χ4n) is 1.59. The van der Waals surface area contributed by atoms with Crippen molar-refractivity contribution in [2.75, 3.05) is 5.73 Å². The van der Waals surface area contributed by atoms with Gasteiger partial charge in [0.2, 0.25) is 0 Å². The molecule has 0 atom stereocenters. The van der Waals surface area contributed by atoms with E-state index in [1.54, 1.807) is 11.8 Å². The highest BCUT2D eigenvalue weighted by molar-refractivity contribution is 9.10. The minimum Gasteiger partial charge on any atom is -0.398 e. The Morgan fingerprint density at radius 2 is 2.00 bits per heavy atom. The van der Waals surface area contributed by atoms with E-state index in [9.17, 15) is 0 Å². The molecular weight excluding hydrogens is 294 g/mol. The Morgan fingerprint density at radius 1 is 1.18 bits per heavy atom. The molecule has 0 fully saturated rings.